The van der Waals surface area contributed by atoms with Crippen LogP contribution in [0.3, 0.4) is 0 Å². The van der Waals surface area contributed by atoms with Crippen molar-refractivity contribution in [2.75, 3.05) is 18.6 Å². The third-order valence-electron chi connectivity index (χ3n) is 5.10. The van der Waals surface area contributed by atoms with Crippen molar-refractivity contribution < 1.29 is 9.53 Å². The molecule has 1 heterocycles. The van der Waals surface area contributed by atoms with Crippen LogP contribution >= 0.6 is 22.6 Å². The third-order valence-corrected chi connectivity index (χ3v) is 5.77. The number of carbonyl (C=O) groups is 1. The van der Waals surface area contributed by atoms with Gasteiger partial charge in [-0.1, -0.05) is 12.1 Å². The van der Waals surface area contributed by atoms with Crippen LogP contribution in [-0.2, 0) is 0 Å². The number of likely N-dealkylation sites (N-methyl/N-ethyl adjacent to an activating group) is 1. The monoisotopic (exact) mass is 503 g/mol. The molecule has 2 aromatic rings. The smallest absolute Gasteiger partial charge is 0.271 e. The Hall–Kier alpha value is -2.35. The van der Waals surface area contributed by atoms with E-state index in [1.54, 1.807) is 19.4 Å². The maximum absolute atomic E-state index is 12.3. The summed E-state index contributed by atoms with van der Waals surface area (Å²) >= 11 is 2.18. The Labute approximate surface area is 186 Å². The molecule has 5 nitrogen and oxygen atoms in total. The highest BCUT2D eigenvalue weighted by molar-refractivity contribution is 14.1. The first-order valence-electron chi connectivity index (χ1n) is 9.55. The topological polar surface area (TPSA) is 53.9 Å². The zero-order valence-electron chi connectivity index (χ0n) is 17.4. The zero-order valence-corrected chi connectivity index (χ0v) is 19.6. The number of rotatable bonds is 5. The average molecular weight is 503 g/mol. The van der Waals surface area contributed by atoms with E-state index >= 15 is 0 Å². The van der Waals surface area contributed by atoms with Crippen molar-refractivity contribution in [3.63, 3.8) is 0 Å². The fraction of sp³-hybridized carbons (Fsp3) is 0.304. The Balaban J connectivity index is 1.90. The number of amides is 1. The summed E-state index contributed by atoms with van der Waals surface area (Å²) in [6.07, 6.45) is 3.92. The molecule has 0 saturated heterocycles. The second kappa shape index (κ2) is 8.57. The number of carbonyl (C=O) groups excluding carboxylic acids is 1. The van der Waals surface area contributed by atoms with Crippen LogP contribution in [0.4, 0.5) is 5.69 Å². The molecule has 6 heteroatoms. The van der Waals surface area contributed by atoms with Crippen molar-refractivity contribution in [1.82, 2.24) is 5.43 Å². The number of hydrogen-bond donors (Lipinski definition) is 1. The van der Waals surface area contributed by atoms with Crippen LogP contribution in [0, 0.1) is 3.57 Å². The molecule has 1 aliphatic rings. The van der Waals surface area contributed by atoms with Gasteiger partial charge in [-0.3, -0.25) is 4.79 Å². The molecule has 152 valence electrons. The molecular formula is C23H26IN3O2. The lowest BCUT2D eigenvalue weighted by Crippen LogP contribution is -2.44. The van der Waals surface area contributed by atoms with E-state index in [1.807, 2.05) is 18.2 Å². The number of allylic oxidation sites excluding steroid dienone is 1. The SMILES string of the molecule is CCN1c2cc(OC)c(/C=N\NC(=O)c3cccc(I)c3)cc2C(C)=CC1(C)C. The van der Waals surface area contributed by atoms with Gasteiger partial charge < -0.3 is 9.64 Å². The summed E-state index contributed by atoms with van der Waals surface area (Å²) in [4.78, 5) is 14.7. The van der Waals surface area contributed by atoms with Crippen molar-refractivity contribution in [1.29, 1.82) is 0 Å². The van der Waals surface area contributed by atoms with Gasteiger partial charge in [0.2, 0.25) is 0 Å². The lowest BCUT2D eigenvalue weighted by atomic mass is 9.88. The molecule has 0 aromatic heterocycles. The average Bonchev–Trinajstić information content (AvgIpc) is 2.67. The van der Waals surface area contributed by atoms with Gasteiger partial charge in [0.1, 0.15) is 5.75 Å². The van der Waals surface area contributed by atoms with Crippen molar-refractivity contribution in [3.8, 4) is 5.75 Å². The third kappa shape index (κ3) is 4.47. The summed E-state index contributed by atoms with van der Waals surface area (Å²) in [5.74, 6) is 0.478. The number of hydrazone groups is 1. The molecular weight excluding hydrogens is 477 g/mol. The number of halogens is 1. The van der Waals surface area contributed by atoms with Crippen molar-refractivity contribution in [3.05, 3.63) is 62.7 Å². The molecule has 0 unspecified atom stereocenters. The van der Waals surface area contributed by atoms with Gasteiger partial charge >= 0.3 is 0 Å². The quantitative estimate of drug-likeness (QED) is 0.352. The molecule has 1 N–H and O–H groups in total. The first-order valence-corrected chi connectivity index (χ1v) is 10.6. The minimum absolute atomic E-state index is 0.0619. The lowest BCUT2D eigenvalue weighted by molar-refractivity contribution is 0.0955. The molecule has 1 aliphatic heterocycles. The predicted molar refractivity (Wildman–Crippen MR) is 128 cm³/mol. The highest BCUT2D eigenvalue weighted by Crippen LogP contribution is 2.41. The summed E-state index contributed by atoms with van der Waals surface area (Å²) in [6.45, 7) is 9.60. The molecule has 0 spiro atoms. The van der Waals surface area contributed by atoms with Gasteiger partial charge in [0.05, 0.1) is 18.9 Å². The van der Waals surface area contributed by atoms with Crippen LogP contribution in [0.25, 0.3) is 5.57 Å². The number of anilines is 1. The van der Waals surface area contributed by atoms with Gasteiger partial charge in [-0.15, -0.1) is 0 Å². The molecule has 29 heavy (non-hydrogen) atoms. The maximum Gasteiger partial charge on any atom is 0.271 e. The molecule has 1 amide bonds. The van der Waals surface area contributed by atoms with E-state index < -0.39 is 0 Å². The van der Waals surface area contributed by atoms with E-state index in [0.29, 0.717) is 5.56 Å². The number of hydrogen-bond acceptors (Lipinski definition) is 4. The van der Waals surface area contributed by atoms with Gasteiger partial charge in [0, 0.05) is 38.6 Å². The van der Waals surface area contributed by atoms with Gasteiger partial charge in [-0.05, 0) is 80.1 Å². The second-order valence-corrected chi connectivity index (χ2v) is 8.79. The van der Waals surface area contributed by atoms with Gasteiger partial charge in [-0.25, -0.2) is 5.43 Å². The number of nitrogens with one attached hydrogen (secondary N) is 1. The number of nitrogens with zero attached hydrogens (tertiary/aromatic N) is 2. The molecule has 0 bridgehead atoms. The van der Waals surface area contributed by atoms with Crippen LogP contribution in [0.15, 0.2) is 47.6 Å². The molecule has 0 radical (unpaired) electrons. The van der Waals surface area contributed by atoms with E-state index in [9.17, 15) is 4.79 Å². The first-order chi connectivity index (χ1) is 13.8. The van der Waals surface area contributed by atoms with Gasteiger partial charge in [0.15, 0.2) is 0 Å². The van der Waals surface area contributed by atoms with Crippen LogP contribution in [0.1, 0.15) is 49.2 Å². The number of fused-ring (bicyclic) bond motifs is 1. The second-order valence-electron chi connectivity index (χ2n) is 7.55. The predicted octanol–water partition coefficient (Wildman–Crippen LogP) is 5.09. The van der Waals surface area contributed by atoms with Crippen LogP contribution in [0.2, 0.25) is 0 Å². The van der Waals surface area contributed by atoms with Gasteiger partial charge in [-0.2, -0.15) is 5.10 Å². The lowest BCUT2D eigenvalue weighted by Gasteiger charge is -2.43. The zero-order chi connectivity index (χ0) is 21.2. The summed E-state index contributed by atoms with van der Waals surface area (Å²) in [6, 6.07) is 11.5. The Morgan fingerprint density at radius 3 is 2.72 bits per heavy atom. The van der Waals surface area contributed by atoms with Gasteiger partial charge in [0.25, 0.3) is 5.91 Å². The maximum atomic E-state index is 12.3. The Bertz CT molecular complexity index is 996. The van der Waals surface area contributed by atoms with Crippen molar-refractivity contribution in [2.24, 2.45) is 5.10 Å². The molecule has 0 aliphatic carbocycles. The minimum atomic E-state index is -0.244. The fourth-order valence-electron chi connectivity index (χ4n) is 3.83. The molecule has 3 rings (SSSR count). The Morgan fingerprint density at radius 1 is 1.31 bits per heavy atom. The molecule has 0 saturated carbocycles. The Kier molecular flexibility index (Phi) is 6.31. The highest BCUT2D eigenvalue weighted by atomic mass is 127. The number of benzene rings is 2. The normalized spacial score (nSPS) is 15.1. The number of ether oxygens (including phenoxy) is 1. The number of methoxy groups -OCH3 is 1. The van der Waals surface area contributed by atoms with Crippen LogP contribution in [0.5, 0.6) is 5.75 Å². The molecule has 0 atom stereocenters. The summed E-state index contributed by atoms with van der Waals surface area (Å²) in [5, 5.41) is 4.16. The van der Waals surface area contributed by atoms with E-state index in [1.165, 1.54) is 5.57 Å². The van der Waals surface area contributed by atoms with Crippen molar-refractivity contribution in [2.45, 2.75) is 33.2 Å². The van der Waals surface area contributed by atoms with Crippen LogP contribution < -0.4 is 15.1 Å². The fourth-order valence-corrected chi connectivity index (χ4v) is 4.37. The molecule has 2 aromatic carbocycles. The largest absolute Gasteiger partial charge is 0.496 e. The first kappa shape index (κ1) is 21.4. The van der Waals surface area contributed by atoms with E-state index in [4.69, 9.17) is 4.74 Å². The van der Waals surface area contributed by atoms with E-state index in [0.717, 1.165) is 32.7 Å². The van der Waals surface area contributed by atoms with E-state index in [2.05, 4.69) is 83.9 Å². The summed E-state index contributed by atoms with van der Waals surface area (Å²) in [5.41, 5.74) is 7.44. The standard InChI is InChI=1S/C23H26IN3O2/c1-6-27-20-12-21(29-5)17(11-19(20)15(2)13-23(27,3)4)14-25-26-22(28)16-8-7-9-18(24)10-16/h7-14H,6H2,1-5H3,(H,26,28)/b25-14-. The van der Waals surface area contributed by atoms with Crippen molar-refractivity contribution >= 4 is 46.0 Å². The van der Waals surface area contributed by atoms with Crippen LogP contribution in [-0.4, -0.2) is 31.3 Å². The Morgan fingerprint density at radius 2 is 2.07 bits per heavy atom. The minimum Gasteiger partial charge on any atom is -0.496 e. The van der Waals surface area contributed by atoms with E-state index in [-0.39, 0.29) is 11.4 Å². The molecule has 0 fully saturated rings. The summed E-state index contributed by atoms with van der Waals surface area (Å²) in [7, 11) is 1.65. The highest BCUT2D eigenvalue weighted by Gasteiger charge is 2.31. The summed E-state index contributed by atoms with van der Waals surface area (Å²) < 4.78 is 6.62.